The number of ether oxygens (including phenoxy) is 1. The third-order valence-electron chi connectivity index (χ3n) is 5.07. The van der Waals surface area contributed by atoms with Crippen molar-refractivity contribution in [3.63, 3.8) is 0 Å². The van der Waals surface area contributed by atoms with Gasteiger partial charge in [-0.05, 0) is 18.1 Å². The predicted molar refractivity (Wildman–Crippen MR) is 94.5 cm³/mol. The van der Waals surface area contributed by atoms with E-state index in [0.29, 0.717) is 18.3 Å². The Balaban J connectivity index is 1.34. The molecule has 25 heavy (non-hydrogen) atoms. The number of rotatable bonds is 4. The van der Waals surface area contributed by atoms with Crippen molar-refractivity contribution in [2.75, 3.05) is 39.4 Å². The van der Waals surface area contributed by atoms with Gasteiger partial charge in [-0.2, -0.15) is 5.10 Å². The van der Waals surface area contributed by atoms with Crippen molar-refractivity contribution >= 4 is 5.91 Å². The van der Waals surface area contributed by atoms with E-state index in [0.717, 1.165) is 45.8 Å². The SMILES string of the molecule is O=C(c1ccn(Cc2ccccc2)n1)N1CCN(C2CCOC2)CC1. The standard InChI is InChI=1S/C19H24N4O2/c24-19(22-11-9-21(10-12-22)17-7-13-25-15-17)18-6-8-23(20-18)14-16-4-2-1-3-5-16/h1-6,8,17H,7,9-15H2. The molecule has 0 bridgehead atoms. The minimum Gasteiger partial charge on any atom is -0.380 e. The lowest BCUT2D eigenvalue weighted by Crippen LogP contribution is -2.52. The molecule has 4 rings (SSSR count). The van der Waals surface area contributed by atoms with E-state index in [9.17, 15) is 4.79 Å². The van der Waals surface area contributed by atoms with Crippen LogP contribution in [-0.2, 0) is 11.3 Å². The number of hydrogen-bond acceptors (Lipinski definition) is 4. The minimum atomic E-state index is 0.0362. The van der Waals surface area contributed by atoms with Crippen LogP contribution in [0.3, 0.4) is 0 Å². The fraction of sp³-hybridized carbons (Fsp3) is 0.474. The summed E-state index contributed by atoms with van der Waals surface area (Å²) in [5, 5.41) is 4.47. The zero-order chi connectivity index (χ0) is 17.1. The van der Waals surface area contributed by atoms with Gasteiger partial charge in [0.2, 0.25) is 0 Å². The number of carbonyl (C=O) groups is 1. The lowest BCUT2D eigenvalue weighted by molar-refractivity contribution is 0.0543. The summed E-state index contributed by atoms with van der Waals surface area (Å²) in [6.45, 7) is 5.75. The number of piperazine rings is 1. The Hall–Kier alpha value is -2.18. The van der Waals surface area contributed by atoms with Crippen LogP contribution < -0.4 is 0 Å². The molecule has 0 spiro atoms. The smallest absolute Gasteiger partial charge is 0.274 e. The zero-order valence-corrected chi connectivity index (χ0v) is 14.4. The molecular formula is C19H24N4O2. The van der Waals surface area contributed by atoms with E-state index in [-0.39, 0.29) is 5.91 Å². The number of benzene rings is 1. The number of nitrogens with zero attached hydrogens (tertiary/aromatic N) is 4. The van der Waals surface area contributed by atoms with Crippen LogP contribution in [0.5, 0.6) is 0 Å². The molecular weight excluding hydrogens is 316 g/mol. The highest BCUT2D eigenvalue weighted by Crippen LogP contribution is 2.16. The van der Waals surface area contributed by atoms with Crippen LogP contribution in [0.2, 0.25) is 0 Å². The Morgan fingerprint density at radius 2 is 1.92 bits per heavy atom. The monoisotopic (exact) mass is 340 g/mol. The second-order valence-corrected chi connectivity index (χ2v) is 6.73. The topological polar surface area (TPSA) is 50.6 Å². The van der Waals surface area contributed by atoms with Crippen LogP contribution in [-0.4, -0.2) is 70.9 Å². The Morgan fingerprint density at radius 3 is 2.64 bits per heavy atom. The highest BCUT2D eigenvalue weighted by atomic mass is 16.5. The van der Waals surface area contributed by atoms with E-state index in [1.54, 1.807) is 0 Å². The lowest BCUT2D eigenvalue weighted by Gasteiger charge is -2.37. The molecule has 1 unspecified atom stereocenters. The molecule has 1 aromatic carbocycles. The molecule has 2 fully saturated rings. The largest absolute Gasteiger partial charge is 0.380 e. The van der Waals surface area contributed by atoms with Crippen molar-refractivity contribution in [2.45, 2.75) is 19.0 Å². The van der Waals surface area contributed by atoms with Crippen molar-refractivity contribution in [2.24, 2.45) is 0 Å². The van der Waals surface area contributed by atoms with Crippen molar-refractivity contribution in [1.29, 1.82) is 0 Å². The third kappa shape index (κ3) is 3.75. The second kappa shape index (κ2) is 7.37. The number of aromatic nitrogens is 2. The van der Waals surface area contributed by atoms with E-state index in [2.05, 4.69) is 22.1 Å². The summed E-state index contributed by atoms with van der Waals surface area (Å²) in [6, 6.07) is 12.5. The molecule has 6 nitrogen and oxygen atoms in total. The maximum Gasteiger partial charge on any atom is 0.274 e. The highest BCUT2D eigenvalue weighted by Gasteiger charge is 2.29. The maximum atomic E-state index is 12.7. The Bertz CT molecular complexity index is 701. The molecule has 2 aliphatic rings. The van der Waals surface area contributed by atoms with Crippen LogP contribution in [0.1, 0.15) is 22.5 Å². The molecule has 132 valence electrons. The van der Waals surface area contributed by atoms with Gasteiger partial charge in [0.15, 0.2) is 0 Å². The molecule has 1 atom stereocenters. The van der Waals surface area contributed by atoms with E-state index in [1.807, 2.05) is 40.0 Å². The normalized spacial score (nSPS) is 21.6. The fourth-order valence-corrected chi connectivity index (χ4v) is 3.60. The molecule has 0 saturated carbocycles. The van der Waals surface area contributed by atoms with Crippen molar-refractivity contribution < 1.29 is 9.53 Å². The zero-order valence-electron chi connectivity index (χ0n) is 14.4. The summed E-state index contributed by atoms with van der Waals surface area (Å²) in [4.78, 5) is 17.1. The summed E-state index contributed by atoms with van der Waals surface area (Å²) >= 11 is 0. The molecule has 3 heterocycles. The summed E-state index contributed by atoms with van der Waals surface area (Å²) < 4.78 is 7.30. The molecule has 0 N–H and O–H groups in total. The number of carbonyl (C=O) groups excluding carboxylic acids is 1. The van der Waals surface area contributed by atoms with Gasteiger partial charge in [-0.1, -0.05) is 30.3 Å². The molecule has 0 aliphatic carbocycles. The van der Waals surface area contributed by atoms with Crippen molar-refractivity contribution in [3.8, 4) is 0 Å². The minimum absolute atomic E-state index is 0.0362. The summed E-state index contributed by atoms with van der Waals surface area (Å²) in [6.07, 6.45) is 2.99. The summed E-state index contributed by atoms with van der Waals surface area (Å²) in [7, 11) is 0. The second-order valence-electron chi connectivity index (χ2n) is 6.73. The predicted octanol–water partition coefficient (Wildman–Crippen LogP) is 1.48. The quantitative estimate of drug-likeness (QED) is 0.846. The average Bonchev–Trinajstić information content (AvgIpc) is 3.34. The number of hydrogen-bond donors (Lipinski definition) is 0. The molecule has 0 radical (unpaired) electrons. The van der Waals surface area contributed by atoms with E-state index < -0.39 is 0 Å². The Kier molecular flexibility index (Phi) is 4.81. The van der Waals surface area contributed by atoms with Crippen LogP contribution in [0.25, 0.3) is 0 Å². The van der Waals surface area contributed by atoms with Gasteiger partial charge in [0.05, 0.1) is 13.2 Å². The summed E-state index contributed by atoms with van der Waals surface area (Å²) in [5.41, 5.74) is 1.71. The third-order valence-corrected chi connectivity index (χ3v) is 5.07. The van der Waals surface area contributed by atoms with Gasteiger partial charge in [-0.3, -0.25) is 14.4 Å². The number of amides is 1. The molecule has 2 saturated heterocycles. The average molecular weight is 340 g/mol. The van der Waals surface area contributed by atoms with E-state index in [1.165, 1.54) is 5.56 Å². The van der Waals surface area contributed by atoms with Crippen LogP contribution in [0.15, 0.2) is 42.6 Å². The molecule has 2 aromatic rings. The van der Waals surface area contributed by atoms with Crippen LogP contribution in [0.4, 0.5) is 0 Å². The lowest BCUT2D eigenvalue weighted by atomic mass is 10.2. The van der Waals surface area contributed by atoms with Gasteiger partial charge in [-0.15, -0.1) is 0 Å². The van der Waals surface area contributed by atoms with Gasteiger partial charge in [0.25, 0.3) is 5.91 Å². The fourth-order valence-electron chi connectivity index (χ4n) is 3.60. The first kappa shape index (κ1) is 16.3. The van der Waals surface area contributed by atoms with Gasteiger partial charge in [0, 0.05) is 45.0 Å². The van der Waals surface area contributed by atoms with Crippen LogP contribution in [0, 0.1) is 0 Å². The van der Waals surface area contributed by atoms with E-state index >= 15 is 0 Å². The van der Waals surface area contributed by atoms with E-state index in [4.69, 9.17) is 4.74 Å². The summed E-state index contributed by atoms with van der Waals surface area (Å²) in [5.74, 6) is 0.0362. The van der Waals surface area contributed by atoms with Gasteiger partial charge >= 0.3 is 0 Å². The first-order valence-corrected chi connectivity index (χ1v) is 8.98. The maximum absolute atomic E-state index is 12.7. The van der Waals surface area contributed by atoms with Crippen molar-refractivity contribution in [3.05, 3.63) is 53.9 Å². The highest BCUT2D eigenvalue weighted by molar-refractivity contribution is 5.92. The van der Waals surface area contributed by atoms with Crippen molar-refractivity contribution in [1.82, 2.24) is 19.6 Å². The van der Waals surface area contributed by atoms with Crippen LogP contribution >= 0.6 is 0 Å². The Morgan fingerprint density at radius 1 is 1.12 bits per heavy atom. The molecule has 2 aliphatic heterocycles. The van der Waals surface area contributed by atoms with Gasteiger partial charge in [0.1, 0.15) is 5.69 Å². The first-order chi connectivity index (χ1) is 12.3. The Labute approximate surface area is 148 Å². The molecule has 1 aromatic heterocycles. The first-order valence-electron chi connectivity index (χ1n) is 8.98. The van der Waals surface area contributed by atoms with Gasteiger partial charge < -0.3 is 9.64 Å². The molecule has 6 heteroatoms. The van der Waals surface area contributed by atoms with Gasteiger partial charge in [-0.25, -0.2) is 0 Å². The molecule has 1 amide bonds.